The van der Waals surface area contributed by atoms with Crippen LogP contribution in [0.5, 0.6) is 5.75 Å². The van der Waals surface area contributed by atoms with E-state index in [0.717, 1.165) is 21.9 Å². The Hall–Kier alpha value is -3.34. The maximum absolute atomic E-state index is 12.1. The van der Waals surface area contributed by atoms with Crippen molar-refractivity contribution in [3.8, 4) is 5.75 Å². The molecule has 0 radical (unpaired) electrons. The van der Waals surface area contributed by atoms with E-state index in [1.807, 2.05) is 74.5 Å². The number of nitrogens with one attached hydrogen (secondary N) is 1. The first-order valence-electron chi connectivity index (χ1n) is 8.66. The van der Waals surface area contributed by atoms with Crippen molar-refractivity contribution in [2.24, 2.45) is 0 Å². The first-order chi connectivity index (χ1) is 13.0. The molecule has 0 heterocycles. The van der Waals surface area contributed by atoms with E-state index in [4.69, 9.17) is 9.47 Å². The number of aryl methyl sites for hydroxylation is 2. The van der Waals surface area contributed by atoms with Crippen molar-refractivity contribution in [3.05, 3.63) is 71.8 Å². The lowest BCUT2D eigenvalue weighted by molar-refractivity contribution is -0.149. The summed E-state index contributed by atoms with van der Waals surface area (Å²) < 4.78 is 10.5. The summed E-state index contributed by atoms with van der Waals surface area (Å²) in [4.78, 5) is 24.0. The van der Waals surface area contributed by atoms with Gasteiger partial charge < -0.3 is 14.8 Å². The summed E-state index contributed by atoms with van der Waals surface area (Å²) in [6.45, 7) is 3.24. The monoisotopic (exact) mass is 363 g/mol. The van der Waals surface area contributed by atoms with Gasteiger partial charge in [-0.3, -0.25) is 4.79 Å². The third-order valence-corrected chi connectivity index (χ3v) is 4.12. The Kier molecular flexibility index (Phi) is 5.71. The lowest BCUT2D eigenvalue weighted by Crippen LogP contribution is -2.23. The van der Waals surface area contributed by atoms with Crippen LogP contribution in [0.3, 0.4) is 0 Å². The first kappa shape index (κ1) is 18.5. The van der Waals surface area contributed by atoms with Gasteiger partial charge in [-0.05, 0) is 42.5 Å². The number of ether oxygens (including phenoxy) is 2. The van der Waals surface area contributed by atoms with Crippen molar-refractivity contribution in [1.29, 1.82) is 0 Å². The number of hydrogen-bond donors (Lipinski definition) is 1. The third-order valence-electron chi connectivity index (χ3n) is 4.12. The largest absolute Gasteiger partial charge is 0.482 e. The predicted octanol–water partition coefficient (Wildman–Crippen LogP) is 4.02. The van der Waals surface area contributed by atoms with Crippen LogP contribution in [0, 0.1) is 13.8 Å². The minimum Gasteiger partial charge on any atom is -0.482 e. The van der Waals surface area contributed by atoms with E-state index in [1.54, 1.807) is 0 Å². The molecule has 138 valence electrons. The van der Waals surface area contributed by atoms with Gasteiger partial charge in [-0.25, -0.2) is 4.79 Å². The second-order valence-corrected chi connectivity index (χ2v) is 6.29. The van der Waals surface area contributed by atoms with Crippen molar-refractivity contribution in [2.45, 2.75) is 13.8 Å². The molecule has 3 rings (SSSR count). The zero-order chi connectivity index (χ0) is 19.2. The highest BCUT2D eigenvalue weighted by Crippen LogP contribution is 2.23. The molecule has 5 heteroatoms. The molecule has 5 nitrogen and oxygen atoms in total. The second-order valence-electron chi connectivity index (χ2n) is 6.29. The average molecular weight is 363 g/mol. The summed E-state index contributed by atoms with van der Waals surface area (Å²) in [6.07, 6.45) is 0. The van der Waals surface area contributed by atoms with E-state index in [0.29, 0.717) is 11.4 Å². The van der Waals surface area contributed by atoms with Crippen LogP contribution in [0.1, 0.15) is 11.1 Å². The van der Waals surface area contributed by atoms with Crippen LogP contribution in [0.2, 0.25) is 0 Å². The summed E-state index contributed by atoms with van der Waals surface area (Å²) >= 11 is 0. The first-order valence-corrected chi connectivity index (χ1v) is 8.66. The molecule has 0 unspecified atom stereocenters. The lowest BCUT2D eigenvalue weighted by Gasteiger charge is -2.11. The van der Waals surface area contributed by atoms with E-state index in [2.05, 4.69) is 5.32 Å². The summed E-state index contributed by atoms with van der Waals surface area (Å²) in [7, 11) is 0. The molecule has 1 N–H and O–H groups in total. The molecule has 0 fully saturated rings. The van der Waals surface area contributed by atoms with E-state index >= 15 is 0 Å². The van der Waals surface area contributed by atoms with Gasteiger partial charge >= 0.3 is 5.97 Å². The minimum atomic E-state index is -0.594. The molecule has 0 aliphatic rings. The smallest absolute Gasteiger partial charge is 0.344 e. The van der Waals surface area contributed by atoms with Crippen LogP contribution < -0.4 is 10.1 Å². The third kappa shape index (κ3) is 4.85. The summed E-state index contributed by atoms with van der Waals surface area (Å²) in [5.74, 6) is -0.359. The topological polar surface area (TPSA) is 64.6 Å². The zero-order valence-corrected chi connectivity index (χ0v) is 15.3. The fourth-order valence-electron chi connectivity index (χ4n) is 2.71. The normalized spacial score (nSPS) is 10.4. The van der Waals surface area contributed by atoms with Gasteiger partial charge in [0, 0.05) is 11.1 Å². The number of rotatable bonds is 6. The van der Waals surface area contributed by atoms with Crippen molar-refractivity contribution in [3.63, 3.8) is 0 Å². The molecule has 1 amide bonds. The van der Waals surface area contributed by atoms with Crippen molar-refractivity contribution in [1.82, 2.24) is 0 Å². The number of fused-ring (bicyclic) bond motifs is 1. The number of amides is 1. The standard InChI is InChI=1S/C22H21NO4/c1-15-10-11-16(2)20(12-15)26-14-22(25)27-13-21(24)23-19-9-5-7-17-6-3-4-8-18(17)19/h3-12H,13-14H2,1-2H3,(H,23,24). The van der Waals surface area contributed by atoms with Crippen LogP contribution in [0.4, 0.5) is 5.69 Å². The van der Waals surface area contributed by atoms with Gasteiger partial charge in [0.15, 0.2) is 13.2 Å². The molecule has 27 heavy (non-hydrogen) atoms. The molecule has 3 aromatic carbocycles. The molecular formula is C22H21NO4. The molecule has 0 atom stereocenters. The Morgan fingerprint density at radius 2 is 1.70 bits per heavy atom. The van der Waals surface area contributed by atoms with Crippen molar-refractivity contribution >= 4 is 28.3 Å². The average Bonchev–Trinajstić information content (AvgIpc) is 2.67. The number of hydrogen-bond acceptors (Lipinski definition) is 4. The molecule has 0 bridgehead atoms. The number of benzene rings is 3. The highest BCUT2D eigenvalue weighted by Gasteiger charge is 2.11. The fraction of sp³-hybridized carbons (Fsp3) is 0.182. The molecular weight excluding hydrogens is 342 g/mol. The molecule has 0 aromatic heterocycles. The molecule has 0 spiro atoms. The summed E-state index contributed by atoms with van der Waals surface area (Å²) in [5, 5.41) is 4.72. The number of carbonyl (C=O) groups is 2. The van der Waals surface area contributed by atoms with Gasteiger partial charge in [0.2, 0.25) is 0 Å². The van der Waals surface area contributed by atoms with Crippen LogP contribution in [0.15, 0.2) is 60.7 Å². The summed E-state index contributed by atoms with van der Waals surface area (Å²) in [6, 6.07) is 19.1. The fourth-order valence-corrected chi connectivity index (χ4v) is 2.71. The van der Waals surface area contributed by atoms with E-state index in [-0.39, 0.29) is 13.2 Å². The lowest BCUT2D eigenvalue weighted by atomic mass is 10.1. The van der Waals surface area contributed by atoms with E-state index in [1.165, 1.54) is 0 Å². The van der Waals surface area contributed by atoms with E-state index in [9.17, 15) is 9.59 Å². The predicted molar refractivity (Wildman–Crippen MR) is 105 cm³/mol. The Morgan fingerprint density at radius 1 is 0.926 bits per heavy atom. The van der Waals surface area contributed by atoms with Gasteiger partial charge in [-0.2, -0.15) is 0 Å². The van der Waals surface area contributed by atoms with Crippen LogP contribution in [0.25, 0.3) is 10.8 Å². The van der Waals surface area contributed by atoms with Gasteiger partial charge in [0.05, 0.1) is 0 Å². The maximum atomic E-state index is 12.1. The van der Waals surface area contributed by atoms with Gasteiger partial charge in [-0.15, -0.1) is 0 Å². The molecule has 0 aliphatic carbocycles. The Balaban J connectivity index is 1.51. The van der Waals surface area contributed by atoms with Crippen LogP contribution in [-0.2, 0) is 14.3 Å². The quantitative estimate of drug-likeness (QED) is 0.672. The molecule has 3 aromatic rings. The van der Waals surface area contributed by atoms with Crippen molar-refractivity contribution < 1.29 is 19.1 Å². The zero-order valence-electron chi connectivity index (χ0n) is 15.3. The van der Waals surface area contributed by atoms with Crippen LogP contribution >= 0.6 is 0 Å². The van der Waals surface area contributed by atoms with Gasteiger partial charge in [0.1, 0.15) is 5.75 Å². The Bertz CT molecular complexity index is 976. The minimum absolute atomic E-state index is 0.244. The molecule has 0 saturated carbocycles. The van der Waals surface area contributed by atoms with Gasteiger partial charge in [0.25, 0.3) is 5.91 Å². The van der Waals surface area contributed by atoms with Crippen molar-refractivity contribution in [2.75, 3.05) is 18.5 Å². The SMILES string of the molecule is Cc1ccc(C)c(OCC(=O)OCC(=O)Nc2cccc3ccccc23)c1. The number of carbonyl (C=O) groups excluding carboxylic acids is 2. The number of anilines is 1. The maximum Gasteiger partial charge on any atom is 0.344 e. The highest BCUT2D eigenvalue weighted by atomic mass is 16.6. The Morgan fingerprint density at radius 3 is 2.56 bits per heavy atom. The van der Waals surface area contributed by atoms with E-state index < -0.39 is 11.9 Å². The van der Waals surface area contributed by atoms with Crippen LogP contribution in [-0.4, -0.2) is 25.1 Å². The van der Waals surface area contributed by atoms with Gasteiger partial charge in [-0.1, -0.05) is 48.5 Å². The molecule has 0 saturated heterocycles. The number of esters is 1. The summed E-state index contributed by atoms with van der Waals surface area (Å²) in [5.41, 5.74) is 2.65. The second kappa shape index (κ2) is 8.36. The molecule has 0 aliphatic heterocycles. The highest BCUT2D eigenvalue weighted by molar-refractivity contribution is 6.02. The Labute approximate surface area is 157 Å².